The van der Waals surface area contributed by atoms with Crippen LogP contribution in [0.3, 0.4) is 0 Å². The maximum absolute atomic E-state index is 12.0. The van der Waals surface area contributed by atoms with Gasteiger partial charge in [0.05, 0.1) is 0 Å². The van der Waals surface area contributed by atoms with E-state index < -0.39 is 0 Å². The molecule has 1 unspecified atom stereocenters. The highest BCUT2D eigenvalue weighted by Crippen LogP contribution is 2.15. The topological polar surface area (TPSA) is 65.5 Å². The highest BCUT2D eigenvalue weighted by Gasteiger charge is 2.07. The predicted octanol–water partition coefficient (Wildman–Crippen LogP) is 3.08. The van der Waals surface area contributed by atoms with Gasteiger partial charge in [0.25, 0.3) is 5.91 Å². The van der Waals surface area contributed by atoms with Gasteiger partial charge in [-0.05, 0) is 37.0 Å². The van der Waals surface area contributed by atoms with Crippen molar-refractivity contribution in [3.63, 3.8) is 0 Å². The van der Waals surface area contributed by atoms with E-state index in [1.54, 1.807) is 7.05 Å². The minimum Gasteiger partial charge on any atom is -0.356 e. The van der Waals surface area contributed by atoms with Gasteiger partial charge in [-0.1, -0.05) is 55.0 Å². The number of amides is 1. The van der Waals surface area contributed by atoms with Gasteiger partial charge in [0.2, 0.25) is 0 Å². The van der Waals surface area contributed by atoms with E-state index in [1.165, 1.54) is 11.1 Å². The molecule has 1 amide bonds. The molecule has 144 valence electrons. The second-order valence-corrected chi connectivity index (χ2v) is 6.67. The molecule has 0 aromatic heterocycles. The summed E-state index contributed by atoms with van der Waals surface area (Å²) in [4.78, 5) is 16.2. The van der Waals surface area contributed by atoms with Crippen molar-refractivity contribution in [2.45, 2.75) is 26.2 Å². The molecule has 0 bridgehead atoms. The summed E-state index contributed by atoms with van der Waals surface area (Å²) < 4.78 is 0. The summed E-state index contributed by atoms with van der Waals surface area (Å²) in [5, 5.41) is 9.58. The summed E-state index contributed by atoms with van der Waals surface area (Å²) in [6.45, 7) is 6.49. The van der Waals surface area contributed by atoms with E-state index in [2.05, 4.69) is 59.1 Å². The molecular formula is C22H30N4O. The number of aliphatic imine (C=N–C) groups is 1. The van der Waals surface area contributed by atoms with E-state index in [0.717, 1.165) is 25.5 Å². The number of guanidine groups is 1. The van der Waals surface area contributed by atoms with Crippen molar-refractivity contribution in [2.24, 2.45) is 4.99 Å². The quantitative estimate of drug-likeness (QED) is 0.382. The van der Waals surface area contributed by atoms with Crippen LogP contribution in [0.25, 0.3) is 0 Å². The van der Waals surface area contributed by atoms with E-state index >= 15 is 0 Å². The number of rotatable bonds is 8. The third-order valence-electron chi connectivity index (χ3n) is 4.38. The summed E-state index contributed by atoms with van der Waals surface area (Å²) in [5.41, 5.74) is 3.29. The fraction of sp³-hybridized carbons (Fsp3) is 0.364. The van der Waals surface area contributed by atoms with Crippen LogP contribution in [0.5, 0.6) is 0 Å². The minimum absolute atomic E-state index is 0.0370. The smallest absolute Gasteiger partial charge is 0.251 e. The van der Waals surface area contributed by atoms with Crippen molar-refractivity contribution in [2.75, 3.05) is 26.7 Å². The van der Waals surface area contributed by atoms with Crippen molar-refractivity contribution in [3.05, 3.63) is 71.3 Å². The van der Waals surface area contributed by atoms with Gasteiger partial charge in [-0.3, -0.25) is 9.79 Å². The lowest BCUT2D eigenvalue weighted by molar-refractivity contribution is 0.0953. The molecule has 2 aromatic rings. The van der Waals surface area contributed by atoms with Gasteiger partial charge in [-0.25, -0.2) is 0 Å². The zero-order chi connectivity index (χ0) is 19.5. The maximum Gasteiger partial charge on any atom is 0.251 e. The summed E-state index contributed by atoms with van der Waals surface area (Å²) in [5.74, 6) is 1.14. The molecule has 2 rings (SSSR count). The number of aryl methyl sites for hydroxylation is 1. The molecule has 27 heavy (non-hydrogen) atoms. The van der Waals surface area contributed by atoms with Crippen LogP contribution in [-0.4, -0.2) is 38.5 Å². The highest BCUT2D eigenvalue weighted by atomic mass is 16.1. The average Bonchev–Trinajstić information content (AvgIpc) is 2.70. The van der Waals surface area contributed by atoms with Gasteiger partial charge in [0.15, 0.2) is 5.96 Å². The van der Waals surface area contributed by atoms with Crippen LogP contribution in [0.15, 0.2) is 59.6 Å². The van der Waals surface area contributed by atoms with E-state index in [1.807, 2.05) is 30.3 Å². The Morgan fingerprint density at radius 3 is 2.44 bits per heavy atom. The lowest BCUT2D eigenvalue weighted by atomic mass is 9.99. The summed E-state index contributed by atoms with van der Waals surface area (Å²) >= 11 is 0. The Morgan fingerprint density at radius 2 is 1.74 bits per heavy atom. The first-order valence-electron chi connectivity index (χ1n) is 9.44. The molecule has 2 aromatic carbocycles. The number of carbonyl (C=O) groups is 1. The van der Waals surface area contributed by atoms with Gasteiger partial charge in [-0.15, -0.1) is 0 Å². The number of nitrogens with one attached hydrogen (secondary N) is 3. The number of benzene rings is 2. The second kappa shape index (κ2) is 11.0. The van der Waals surface area contributed by atoms with Crippen molar-refractivity contribution in [1.82, 2.24) is 16.0 Å². The number of nitrogens with zero attached hydrogens (tertiary/aromatic N) is 1. The number of hydrogen-bond donors (Lipinski definition) is 3. The van der Waals surface area contributed by atoms with Crippen LogP contribution in [-0.2, 0) is 0 Å². The third-order valence-corrected chi connectivity index (χ3v) is 4.38. The Morgan fingerprint density at radius 1 is 1.00 bits per heavy atom. The third kappa shape index (κ3) is 7.13. The van der Waals surface area contributed by atoms with Gasteiger partial charge in [0.1, 0.15) is 0 Å². The van der Waals surface area contributed by atoms with E-state index in [9.17, 15) is 4.79 Å². The van der Waals surface area contributed by atoms with Crippen LogP contribution >= 0.6 is 0 Å². The van der Waals surface area contributed by atoms with Crippen molar-refractivity contribution >= 4 is 11.9 Å². The molecule has 0 aliphatic heterocycles. The molecule has 0 aliphatic rings. The van der Waals surface area contributed by atoms with Crippen molar-refractivity contribution < 1.29 is 4.79 Å². The lowest BCUT2D eigenvalue weighted by Gasteiger charge is -2.17. The standard InChI is InChI=1S/C22H30N4O/c1-17-9-7-12-20(15-17)18(2)16-26-22(23-3)25-14-8-13-24-21(27)19-10-5-4-6-11-19/h4-7,9-12,15,18H,8,13-14,16H2,1-3H3,(H,24,27)(H2,23,25,26). The lowest BCUT2D eigenvalue weighted by Crippen LogP contribution is -2.40. The fourth-order valence-electron chi connectivity index (χ4n) is 2.75. The summed E-state index contributed by atoms with van der Waals surface area (Å²) in [6, 6.07) is 17.8. The van der Waals surface area contributed by atoms with Crippen LogP contribution < -0.4 is 16.0 Å². The molecular weight excluding hydrogens is 336 g/mol. The molecule has 1 atom stereocenters. The Labute approximate surface area is 162 Å². The van der Waals surface area contributed by atoms with Gasteiger partial charge in [0, 0.05) is 32.2 Å². The van der Waals surface area contributed by atoms with Crippen LogP contribution in [0, 0.1) is 6.92 Å². The molecule has 0 aliphatic carbocycles. The van der Waals surface area contributed by atoms with Crippen LogP contribution in [0.4, 0.5) is 0 Å². The summed E-state index contributed by atoms with van der Waals surface area (Å²) in [7, 11) is 1.77. The average molecular weight is 367 g/mol. The Balaban J connectivity index is 1.65. The molecule has 5 heteroatoms. The Kier molecular flexibility index (Phi) is 8.36. The predicted molar refractivity (Wildman–Crippen MR) is 112 cm³/mol. The van der Waals surface area contributed by atoms with E-state index in [0.29, 0.717) is 18.0 Å². The zero-order valence-corrected chi connectivity index (χ0v) is 16.5. The first kappa shape index (κ1) is 20.5. The first-order valence-corrected chi connectivity index (χ1v) is 9.44. The SMILES string of the molecule is CN=C(NCCCNC(=O)c1ccccc1)NCC(C)c1cccc(C)c1. The Hall–Kier alpha value is -2.82. The number of carbonyl (C=O) groups excluding carboxylic acids is 1. The van der Waals surface area contributed by atoms with Crippen LogP contribution in [0.2, 0.25) is 0 Å². The monoisotopic (exact) mass is 366 g/mol. The largest absolute Gasteiger partial charge is 0.356 e. The number of hydrogen-bond acceptors (Lipinski definition) is 2. The summed E-state index contributed by atoms with van der Waals surface area (Å²) in [6.07, 6.45) is 0.826. The molecule has 5 nitrogen and oxygen atoms in total. The van der Waals surface area contributed by atoms with Crippen molar-refractivity contribution in [1.29, 1.82) is 0 Å². The van der Waals surface area contributed by atoms with Gasteiger partial charge >= 0.3 is 0 Å². The zero-order valence-electron chi connectivity index (χ0n) is 16.5. The molecule has 0 saturated carbocycles. The van der Waals surface area contributed by atoms with E-state index in [4.69, 9.17) is 0 Å². The molecule has 0 radical (unpaired) electrons. The Bertz CT molecular complexity index is 743. The molecule has 0 heterocycles. The molecule has 0 saturated heterocycles. The minimum atomic E-state index is -0.0370. The fourth-order valence-corrected chi connectivity index (χ4v) is 2.75. The molecule has 0 fully saturated rings. The first-order chi connectivity index (χ1) is 13.1. The van der Waals surface area contributed by atoms with Gasteiger partial charge in [-0.2, -0.15) is 0 Å². The second-order valence-electron chi connectivity index (χ2n) is 6.67. The van der Waals surface area contributed by atoms with E-state index in [-0.39, 0.29) is 5.91 Å². The molecule has 0 spiro atoms. The molecule has 3 N–H and O–H groups in total. The normalized spacial score (nSPS) is 12.3. The van der Waals surface area contributed by atoms with Crippen LogP contribution in [0.1, 0.15) is 40.7 Å². The van der Waals surface area contributed by atoms with Crippen molar-refractivity contribution in [3.8, 4) is 0 Å². The maximum atomic E-state index is 12.0. The van der Waals surface area contributed by atoms with Gasteiger partial charge < -0.3 is 16.0 Å². The highest BCUT2D eigenvalue weighted by molar-refractivity contribution is 5.94.